The molecule has 1 aromatic carbocycles. The molecule has 0 aromatic heterocycles. The van der Waals surface area contributed by atoms with Gasteiger partial charge in [0.1, 0.15) is 12.4 Å². The molecule has 0 saturated heterocycles. The molecule has 17 heavy (non-hydrogen) atoms. The fourth-order valence-corrected chi connectivity index (χ4v) is 2.77. The third-order valence-electron chi connectivity index (χ3n) is 3.76. The summed E-state index contributed by atoms with van der Waals surface area (Å²) in [5.41, 5.74) is 4.25. The van der Waals surface area contributed by atoms with Crippen LogP contribution in [0.4, 0.5) is 5.69 Å². The number of hydrogen-bond donors (Lipinski definition) is 1. The summed E-state index contributed by atoms with van der Waals surface area (Å²) in [6, 6.07) is 4.61. The van der Waals surface area contributed by atoms with Crippen molar-refractivity contribution in [2.45, 2.75) is 19.8 Å². The van der Waals surface area contributed by atoms with Crippen LogP contribution in [0.25, 0.3) is 0 Å². The van der Waals surface area contributed by atoms with Gasteiger partial charge in [-0.1, -0.05) is 0 Å². The zero-order valence-electron chi connectivity index (χ0n) is 10.5. The van der Waals surface area contributed by atoms with E-state index in [0.717, 1.165) is 51.4 Å². The first-order valence-electron chi connectivity index (χ1n) is 6.62. The van der Waals surface area contributed by atoms with E-state index in [-0.39, 0.29) is 0 Å². The Morgan fingerprint density at radius 1 is 1.24 bits per heavy atom. The van der Waals surface area contributed by atoms with Gasteiger partial charge in [-0.3, -0.25) is 0 Å². The standard InChI is InChI=1S/C14H20N2O/c1-2-16-7-8-17-14-10-12-4-6-15-5-3-11(12)9-13(14)16/h9-10,15H,2-8H2,1H3. The summed E-state index contributed by atoms with van der Waals surface area (Å²) in [5, 5.41) is 3.46. The largest absolute Gasteiger partial charge is 0.490 e. The van der Waals surface area contributed by atoms with Crippen molar-refractivity contribution in [3.63, 3.8) is 0 Å². The molecule has 92 valence electrons. The number of anilines is 1. The fourth-order valence-electron chi connectivity index (χ4n) is 2.77. The summed E-state index contributed by atoms with van der Waals surface area (Å²) in [6.07, 6.45) is 2.26. The van der Waals surface area contributed by atoms with Gasteiger partial charge in [-0.15, -0.1) is 0 Å². The number of nitrogens with zero attached hydrogens (tertiary/aromatic N) is 1. The van der Waals surface area contributed by atoms with Crippen molar-refractivity contribution < 1.29 is 4.74 Å². The van der Waals surface area contributed by atoms with Crippen molar-refractivity contribution in [1.29, 1.82) is 0 Å². The van der Waals surface area contributed by atoms with Gasteiger partial charge in [0, 0.05) is 6.54 Å². The molecule has 1 aromatic rings. The van der Waals surface area contributed by atoms with Crippen molar-refractivity contribution in [3.8, 4) is 5.75 Å². The highest BCUT2D eigenvalue weighted by atomic mass is 16.5. The maximum Gasteiger partial charge on any atom is 0.142 e. The zero-order valence-corrected chi connectivity index (χ0v) is 10.5. The lowest BCUT2D eigenvalue weighted by atomic mass is 10.0. The van der Waals surface area contributed by atoms with Gasteiger partial charge in [-0.25, -0.2) is 0 Å². The molecule has 0 saturated carbocycles. The van der Waals surface area contributed by atoms with Gasteiger partial charge in [0.15, 0.2) is 0 Å². The molecule has 0 atom stereocenters. The predicted molar refractivity (Wildman–Crippen MR) is 70.1 cm³/mol. The van der Waals surface area contributed by atoms with Gasteiger partial charge in [0.05, 0.1) is 12.2 Å². The minimum Gasteiger partial charge on any atom is -0.490 e. The lowest BCUT2D eigenvalue weighted by Gasteiger charge is -2.31. The molecule has 1 N–H and O–H groups in total. The summed E-state index contributed by atoms with van der Waals surface area (Å²) in [5.74, 6) is 1.08. The topological polar surface area (TPSA) is 24.5 Å². The van der Waals surface area contributed by atoms with Crippen LogP contribution in [-0.4, -0.2) is 32.8 Å². The molecule has 0 amide bonds. The maximum atomic E-state index is 5.80. The molecule has 3 nitrogen and oxygen atoms in total. The lowest BCUT2D eigenvalue weighted by Crippen LogP contribution is -2.32. The van der Waals surface area contributed by atoms with Gasteiger partial charge in [0.25, 0.3) is 0 Å². The lowest BCUT2D eigenvalue weighted by molar-refractivity contribution is 0.308. The van der Waals surface area contributed by atoms with E-state index in [1.165, 1.54) is 16.8 Å². The minimum atomic E-state index is 0.817. The molecular weight excluding hydrogens is 212 g/mol. The van der Waals surface area contributed by atoms with Crippen molar-refractivity contribution >= 4 is 5.69 Å². The van der Waals surface area contributed by atoms with Crippen LogP contribution < -0.4 is 15.0 Å². The van der Waals surface area contributed by atoms with Crippen LogP contribution in [0.1, 0.15) is 18.1 Å². The van der Waals surface area contributed by atoms with Gasteiger partial charge in [0.2, 0.25) is 0 Å². The van der Waals surface area contributed by atoms with Crippen molar-refractivity contribution in [2.75, 3.05) is 37.7 Å². The van der Waals surface area contributed by atoms with E-state index < -0.39 is 0 Å². The molecule has 2 aliphatic heterocycles. The van der Waals surface area contributed by atoms with Crippen molar-refractivity contribution in [3.05, 3.63) is 23.3 Å². The average Bonchev–Trinajstić information content (AvgIpc) is 2.60. The Morgan fingerprint density at radius 3 is 2.76 bits per heavy atom. The Hall–Kier alpha value is -1.22. The Labute approximate surface area is 103 Å². The molecule has 0 bridgehead atoms. The number of nitrogens with one attached hydrogen (secondary N) is 1. The first-order valence-corrected chi connectivity index (χ1v) is 6.62. The van der Waals surface area contributed by atoms with E-state index in [4.69, 9.17) is 4.74 Å². The Kier molecular flexibility index (Phi) is 2.93. The zero-order chi connectivity index (χ0) is 11.7. The summed E-state index contributed by atoms with van der Waals surface area (Å²) in [7, 11) is 0. The highest BCUT2D eigenvalue weighted by Crippen LogP contribution is 2.35. The SMILES string of the molecule is CCN1CCOc2cc3c(cc21)CCNCC3. The maximum absolute atomic E-state index is 5.80. The number of fused-ring (bicyclic) bond motifs is 2. The summed E-state index contributed by atoms with van der Waals surface area (Å²) < 4.78 is 5.80. The van der Waals surface area contributed by atoms with E-state index >= 15 is 0 Å². The van der Waals surface area contributed by atoms with Crippen LogP contribution >= 0.6 is 0 Å². The molecular formula is C14H20N2O. The molecule has 0 unspecified atom stereocenters. The Bertz CT molecular complexity index is 417. The molecule has 0 radical (unpaired) electrons. The van der Waals surface area contributed by atoms with Gasteiger partial charge in [-0.2, -0.15) is 0 Å². The van der Waals surface area contributed by atoms with Gasteiger partial charge < -0.3 is 15.0 Å². The van der Waals surface area contributed by atoms with Crippen LogP contribution in [0.3, 0.4) is 0 Å². The summed E-state index contributed by atoms with van der Waals surface area (Å²) in [4.78, 5) is 2.41. The molecule has 2 aliphatic rings. The minimum absolute atomic E-state index is 0.817. The van der Waals surface area contributed by atoms with Crippen LogP contribution in [-0.2, 0) is 12.8 Å². The van der Waals surface area contributed by atoms with Crippen LogP contribution in [0.15, 0.2) is 12.1 Å². The normalized spacial score (nSPS) is 19.0. The first-order chi connectivity index (χ1) is 8.38. The highest BCUT2D eigenvalue weighted by molar-refractivity contribution is 5.63. The first kappa shape index (κ1) is 10.9. The molecule has 0 fully saturated rings. The molecule has 0 aliphatic carbocycles. The van der Waals surface area contributed by atoms with Gasteiger partial charge >= 0.3 is 0 Å². The van der Waals surface area contributed by atoms with Crippen LogP contribution in [0.2, 0.25) is 0 Å². The van der Waals surface area contributed by atoms with Gasteiger partial charge in [-0.05, 0) is 56.1 Å². The predicted octanol–water partition coefficient (Wildman–Crippen LogP) is 1.59. The number of likely N-dealkylation sites (N-methyl/N-ethyl adjacent to an activating group) is 1. The van der Waals surface area contributed by atoms with E-state index in [2.05, 4.69) is 29.3 Å². The second-order valence-corrected chi connectivity index (χ2v) is 4.77. The summed E-state index contributed by atoms with van der Waals surface area (Å²) >= 11 is 0. The third-order valence-corrected chi connectivity index (χ3v) is 3.76. The smallest absolute Gasteiger partial charge is 0.142 e. The monoisotopic (exact) mass is 232 g/mol. The Morgan fingerprint density at radius 2 is 2.00 bits per heavy atom. The Balaban J connectivity index is 2.02. The molecule has 3 rings (SSSR count). The second kappa shape index (κ2) is 4.57. The van der Waals surface area contributed by atoms with E-state index in [1.807, 2.05) is 0 Å². The molecule has 2 heterocycles. The highest BCUT2D eigenvalue weighted by Gasteiger charge is 2.20. The van der Waals surface area contributed by atoms with Crippen molar-refractivity contribution in [2.24, 2.45) is 0 Å². The number of hydrogen-bond acceptors (Lipinski definition) is 3. The number of benzene rings is 1. The second-order valence-electron chi connectivity index (χ2n) is 4.77. The van der Waals surface area contributed by atoms with Crippen molar-refractivity contribution in [1.82, 2.24) is 5.32 Å². The number of ether oxygens (including phenoxy) is 1. The van der Waals surface area contributed by atoms with E-state index in [9.17, 15) is 0 Å². The fraction of sp³-hybridized carbons (Fsp3) is 0.571. The average molecular weight is 232 g/mol. The van der Waals surface area contributed by atoms with Crippen LogP contribution in [0.5, 0.6) is 5.75 Å². The molecule has 0 spiro atoms. The van der Waals surface area contributed by atoms with Crippen LogP contribution in [0, 0.1) is 0 Å². The van der Waals surface area contributed by atoms with E-state index in [1.54, 1.807) is 0 Å². The quantitative estimate of drug-likeness (QED) is 0.796. The molecule has 3 heteroatoms. The van der Waals surface area contributed by atoms with E-state index in [0.29, 0.717) is 0 Å². The number of rotatable bonds is 1. The summed E-state index contributed by atoms with van der Waals surface area (Å²) in [6.45, 7) is 7.29. The third kappa shape index (κ3) is 2.00.